The van der Waals surface area contributed by atoms with Crippen molar-refractivity contribution in [3.05, 3.63) is 70.2 Å². The molecule has 2 aromatic rings. The number of carbonyl (C=O) groups is 2. The number of hydrogen-bond donors (Lipinski definition) is 2. The van der Waals surface area contributed by atoms with E-state index in [1.54, 1.807) is 26.4 Å². The van der Waals surface area contributed by atoms with Crippen LogP contribution in [-0.2, 0) is 9.59 Å². The Bertz CT molecular complexity index is 1180. The number of ether oxygens (including phenoxy) is 2. The summed E-state index contributed by atoms with van der Waals surface area (Å²) in [5, 5.41) is 6.27. The van der Waals surface area contributed by atoms with Gasteiger partial charge in [0.25, 0.3) is 5.91 Å². The van der Waals surface area contributed by atoms with Crippen LogP contribution in [0.1, 0.15) is 43.9 Å². The third-order valence-electron chi connectivity index (χ3n) is 6.16. The molecule has 7 nitrogen and oxygen atoms in total. The number of pyridine rings is 1. The Balaban J connectivity index is 1.85. The fourth-order valence-electron chi connectivity index (χ4n) is 4.70. The van der Waals surface area contributed by atoms with Gasteiger partial charge in [0.05, 0.1) is 20.1 Å². The van der Waals surface area contributed by atoms with E-state index >= 15 is 0 Å². The maximum Gasteiger partial charge on any atom is 0.255 e. The van der Waals surface area contributed by atoms with Crippen LogP contribution in [-0.4, -0.2) is 30.9 Å². The molecule has 1 aromatic heterocycles. The first-order valence-corrected chi connectivity index (χ1v) is 11.0. The second kappa shape index (κ2) is 9.10. The molecule has 0 radical (unpaired) electrons. The number of dihydropyridines is 1. The smallest absolute Gasteiger partial charge is 0.255 e. The van der Waals surface area contributed by atoms with Crippen LogP contribution in [0.2, 0.25) is 0 Å². The highest BCUT2D eigenvalue weighted by Gasteiger charge is 2.41. The van der Waals surface area contributed by atoms with Crippen LogP contribution in [0.4, 0.5) is 5.82 Å². The molecule has 0 fully saturated rings. The molecule has 0 saturated carbocycles. The lowest BCUT2D eigenvalue weighted by atomic mass is 9.73. The number of anilines is 1. The van der Waals surface area contributed by atoms with Gasteiger partial charge in [-0.15, -0.1) is 0 Å². The summed E-state index contributed by atoms with van der Waals surface area (Å²) in [4.78, 5) is 31.3. The summed E-state index contributed by atoms with van der Waals surface area (Å²) >= 11 is 0. The Labute approximate surface area is 193 Å². The summed E-state index contributed by atoms with van der Waals surface area (Å²) in [6.45, 7) is 5.80. The number of nitrogens with one attached hydrogen (secondary N) is 2. The SMILES string of the molecule is COc1ccc([C@H]2C(C(=O)Nc3cccc(C)n3)=C(C)NC3=C2C(=O)C[C@@H](C)C3)c(OC)c1. The van der Waals surface area contributed by atoms with Crippen LogP contribution in [0.5, 0.6) is 11.5 Å². The molecular weight excluding hydrogens is 418 g/mol. The number of ketones is 1. The van der Waals surface area contributed by atoms with E-state index in [2.05, 4.69) is 22.5 Å². The molecule has 33 heavy (non-hydrogen) atoms. The third-order valence-corrected chi connectivity index (χ3v) is 6.16. The zero-order chi connectivity index (χ0) is 23.7. The maximum absolute atomic E-state index is 13.6. The predicted octanol–water partition coefficient (Wildman–Crippen LogP) is 4.26. The minimum Gasteiger partial charge on any atom is -0.497 e. The van der Waals surface area contributed by atoms with Crippen LogP contribution < -0.4 is 20.1 Å². The van der Waals surface area contributed by atoms with Gasteiger partial charge in [-0.1, -0.05) is 19.1 Å². The van der Waals surface area contributed by atoms with Gasteiger partial charge in [-0.3, -0.25) is 9.59 Å². The van der Waals surface area contributed by atoms with Gasteiger partial charge in [-0.2, -0.15) is 0 Å². The van der Waals surface area contributed by atoms with E-state index in [1.165, 1.54) is 0 Å². The fraction of sp³-hybridized carbons (Fsp3) is 0.346. The number of amides is 1. The van der Waals surface area contributed by atoms with Crippen molar-refractivity contribution < 1.29 is 19.1 Å². The average Bonchev–Trinajstić information content (AvgIpc) is 2.77. The molecule has 1 amide bonds. The number of methoxy groups -OCH3 is 2. The molecule has 7 heteroatoms. The Morgan fingerprint density at radius 2 is 1.91 bits per heavy atom. The number of aryl methyl sites for hydroxylation is 1. The number of rotatable bonds is 5. The van der Waals surface area contributed by atoms with Crippen LogP contribution in [0, 0.1) is 12.8 Å². The molecule has 1 aliphatic carbocycles. The van der Waals surface area contributed by atoms with Crippen molar-refractivity contribution in [3.63, 3.8) is 0 Å². The molecule has 0 unspecified atom stereocenters. The van der Waals surface area contributed by atoms with Gasteiger partial charge in [0.15, 0.2) is 5.78 Å². The summed E-state index contributed by atoms with van der Waals surface area (Å²) < 4.78 is 11.0. The van der Waals surface area contributed by atoms with Crippen LogP contribution in [0.15, 0.2) is 58.9 Å². The first-order valence-electron chi connectivity index (χ1n) is 11.0. The largest absolute Gasteiger partial charge is 0.497 e. The van der Waals surface area contributed by atoms with Gasteiger partial charge in [0.2, 0.25) is 0 Å². The van der Waals surface area contributed by atoms with Gasteiger partial charge in [-0.25, -0.2) is 4.98 Å². The molecule has 2 heterocycles. The van der Waals surface area contributed by atoms with Crippen molar-refractivity contribution in [2.24, 2.45) is 5.92 Å². The number of benzene rings is 1. The van der Waals surface area contributed by atoms with Gasteiger partial charge >= 0.3 is 0 Å². The molecule has 0 bridgehead atoms. The Morgan fingerprint density at radius 3 is 2.61 bits per heavy atom. The van der Waals surface area contributed by atoms with Crippen LogP contribution >= 0.6 is 0 Å². The van der Waals surface area contributed by atoms with Crippen LogP contribution in [0.3, 0.4) is 0 Å². The summed E-state index contributed by atoms with van der Waals surface area (Å²) in [6.07, 6.45) is 1.20. The van der Waals surface area contributed by atoms with Crippen molar-refractivity contribution in [3.8, 4) is 11.5 Å². The number of carbonyl (C=O) groups excluding carboxylic acids is 2. The quantitative estimate of drug-likeness (QED) is 0.712. The molecule has 1 aromatic carbocycles. The molecule has 2 N–H and O–H groups in total. The summed E-state index contributed by atoms with van der Waals surface area (Å²) in [6, 6.07) is 10.9. The monoisotopic (exact) mass is 447 g/mol. The van der Waals surface area contributed by atoms with E-state index in [0.717, 1.165) is 23.4 Å². The van der Waals surface area contributed by atoms with E-state index in [1.807, 2.05) is 38.1 Å². The highest BCUT2D eigenvalue weighted by Crippen LogP contribution is 2.46. The molecule has 0 saturated heterocycles. The molecule has 2 aliphatic rings. The highest BCUT2D eigenvalue weighted by molar-refractivity contribution is 6.09. The second-order valence-corrected chi connectivity index (χ2v) is 8.65. The zero-order valence-electron chi connectivity index (χ0n) is 19.6. The molecular formula is C26H29N3O4. The number of Topliss-reactive ketones (excluding diaryl/α,β-unsaturated/α-hetero) is 1. The van der Waals surface area contributed by atoms with E-state index < -0.39 is 5.92 Å². The molecule has 4 rings (SSSR count). The van der Waals surface area contributed by atoms with Crippen LogP contribution in [0.25, 0.3) is 0 Å². The zero-order valence-corrected chi connectivity index (χ0v) is 19.6. The maximum atomic E-state index is 13.6. The number of aromatic nitrogens is 1. The van der Waals surface area contributed by atoms with Gasteiger partial charge in [-0.05, 0) is 44.4 Å². The molecule has 2 atom stereocenters. The molecule has 0 spiro atoms. The van der Waals surface area contributed by atoms with Gasteiger partial charge < -0.3 is 20.1 Å². The van der Waals surface area contributed by atoms with E-state index in [4.69, 9.17) is 9.47 Å². The first-order chi connectivity index (χ1) is 15.8. The van der Waals surface area contributed by atoms with E-state index in [0.29, 0.717) is 40.6 Å². The van der Waals surface area contributed by atoms with Crippen molar-refractivity contribution >= 4 is 17.5 Å². The van der Waals surface area contributed by atoms with E-state index in [-0.39, 0.29) is 17.6 Å². The standard InChI is InChI=1S/C26H29N3O4/c1-14-11-19-25(20(30)12-14)24(18-10-9-17(32-4)13-21(18)33-5)23(16(3)28-19)26(31)29-22-8-6-7-15(2)27-22/h6-10,13-14,24,28H,11-12H2,1-5H3,(H,27,29,31)/t14-,24-/m0/s1. The van der Waals surface area contributed by atoms with Crippen molar-refractivity contribution in [1.29, 1.82) is 0 Å². The number of hydrogen-bond acceptors (Lipinski definition) is 6. The van der Waals surface area contributed by atoms with Crippen molar-refractivity contribution in [1.82, 2.24) is 10.3 Å². The molecule has 172 valence electrons. The van der Waals surface area contributed by atoms with Gasteiger partial charge in [0.1, 0.15) is 17.3 Å². The molecule has 1 aliphatic heterocycles. The second-order valence-electron chi connectivity index (χ2n) is 8.65. The minimum atomic E-state index is -0.563. The Hall–Kier alpha value is -3.61. The van der Waals surface area contributed by atoms with E-state index in [9.17, 15) is 9.59 Å². The Kier molecular flexibility index (Phi) is 6.22. The van der Waals surface area contributed by atoms with Crippen molar-refractivity contribution in [2.75, 3.05) is 19.5 Å². The predicted molar refractivity (Wildman–Crippen MR) is 126 cm³/mol. The number of nitrogens with zero attached hydrogens (tertiary/aromatic N) is 1. The van der Waals surface area contributed by atoms with Crippen molar-refractivity contribution in [2.45, 2.75) is 39.5 Å². The summed E-state index contributed by atoms with van der Waals surface area (Å²) in [5.74, 6) is 1.08. The average molecular weight is 448 g/mol. The summed E-state index contributed by atoms with van der Waals surface area (Å²) in [7, 11) is 3.16. The third kappa shape index (κ3) is 4.35. The fourth-order valence-corrected chi connectivity index (χ4v) is 4.70. The lowest BCUT2D eigenvalue weighted by Crippen LogP contribution is -2.37. The Morgan fingerprint density at radius 1 is 1.12 bits per heavy atom. The first kappa shape index (κ1) is 22.6. The highest BCUT2D eigenvalue weighted by atomic mass is 16.5. The normalized spacial score (nSPS) is 20.2. The summed E-state index contributed by atoms with van der Waals surface area (Å²) in [5.41, 5.74) is 4.24. The topological polar surface area (TPSA) is 89.5 Å². The lowest BCUT2D eigenvalue weighted by molar-refractivity contribution is -0.117. The number of allylic oxidation sites excluding steroid dienone is 3. The minimum absolute atomic E-state index is 0.0469. The lowest BCUT2D eigenvalue weighted by Gasteiger charge is -2.36. The van der Waals surface area contributed by atoms with Gasteiger partial charge in [0, 0.05) is 46.3 Å².